The molecule has 1 heterocycles. The van der Waals surface area contributed by atoms with E-state index in [1.54, 1.807) is 6.92 Å². The molecule has 1 fully saturated rings. The molecule has 0 aromatic heterocycles. The summed E-state index contributed by atoms with van der Waals surface area (Å²) in [5, 5.41) is 11.2. The second kappa shape index (κ2) is 7.40. The first kappa shape index (κ1) is 17.2. The number of hydrogen-bond acceptors (Lipinski definition) is 3. The Morgan fingerprint density at radius 2 is 1.87 bits per heavy atom. The van der Waals surface area contributed by atoms with Crippen LogP contribution < -0.4 is 5.32 Å². The molecule has 0 bridgehead atoms. The molecule has 122 valence electrons. The summed E-state index contributed by atoms with van der Waals surface area (Å²) in [4.78, 5) is 2.27. The SMILES string of the molecule is C=C(C)c1cc(F)cc(C(C)=N)c1C=C=C(C)N1CCNCC1. The van der Waals surface area contributed by atoms with Crippen LogP contribution in [0.15, 0.2) is 30.1 Å². The van der Waals surface area contributed by atoms with Gasteiger partial charge in [0, 0.05) is 37.5 Å². The van der Waals surface area contributed by atoms with Crippen LogP contribution in [-0.2, 0) is 0 Å². The molecular weight excluding hydrogens is 289 g/mol. The van der Waals surface area contributed by atoms with Gasteiger partial charge in [0.05, 0.1) is 5.70 Å². The molecule has 1 saturated heterocycles. The van der Waals surface area contributed by atoms with Gasteiger partial charge in [-0.15, -0.1) is 0 Å². The zero-order valence-corrected chi connectivity index (χ0v) is 14.1. The minimum Gasteiger partial charge on any atom is -0.366 e. The molecule has 1 aliphatic heterocycles. The number of hydrogen-bond donors (Lipinski definition) is 2. The van der Waals surface area contributed by atoms with Crippen molar-refractivity contribution in [2.45, 2.75) is 20.8 Å². The Bertz CT molecular complexity index is 656. The van der Waals surface area contributed by atoms with Gasteiger partial charge in [-0.1, -0.05) is 17.9 Å². The summed E-state index contributed by atoms with van der Waals surface area (Å²) in [5.74, 6) is -0.343. The lowest BCUT2D eigenvalue weighted by Gasteiger charge is -2.28. The van der Waals surface area contributed by atoms with Crippen LogP contribution in [0.25, 0.3) is 11.6 Å². The predicted molar refractivity (Wildman–Crippen MR) is 95.2 cm³/mol. The topological polar surface area (TPSA) is 39.1 Å². The van der Waals surface area contributed by atoms with E-state index < -0.39 is 0 Å². The van der Waals surface area contributed by atoms with E-state index in [2.05, 4.69) is 22.5 Å². The Kier molecular flexibility index (Phi) is 5.54. The Morgan fingerprint density at radius 1 is 1.26 bits per heavy atom. The molecule has 23 heavy (non-hydrogen) atoms. The van der Waals surface area contributed by atoms with E-state index in [0.717, 1.165) is 48.6 Å². The third kappa shape index (κ3) is 4.19. The number of allylic oxidation sites excluding steroid dienone is 2. The van der Waals surface area contributed by atoms with E-state index in [1.807, 2.05) is 19.9 Å². The molecule has 1 aliphatic rings. The normalized spacial score (nSPS) is 14.2. The van der Waals surface area contributed by atoms with Gasteiger partial charge < -0.3 is 15.6 Å². The quantitative estimate of drug-likeness (QED) is 0.657. The van der Waals surface area contributed by atoms with E-state index in [1.165, 1.54) is 12.1 Å². The lowest BCUT2D eigenvalue weighted by molar-refractivity contribution is 0.300. The van der Waals surface area contributed by atoms with E-state index in [0.29, 0.717) is 11.3 Å². The molecule has 0 amide bonds. The van der Waals surface area contributed by atoms with Gasteiger partial charge in [-0.3, -0.25) is 0 Å². The van der Waals surface area contributed by atoms with Gasteiger partial charge in [0.2, 0.25) is 0 Å². The van der Waals surface area contributed by atoms with Crippen molar-refractivity contribution in [3.63, 3.8) is 0 Å². The summed E-state index contributed by atoms with van der Waals surface area (Å²) >= 11 is 0. The molecule has 0 radical (unpaired) electrons. The van der Waals surface area contributed by atoms with Gasteiger partial charge in [-0.25, -0.2) is 4.39 Å². The second-order valence-electron chi connectivity index (χ2n) is 5.93. The first-order valence-electron chi connectivity index (χ1n) is 7.84. The van der Waals surface area contributed by atoms with Crippen LogP contribution in [-0.4, -0.2) is 36.8 Å². The Balaban J connectivity index is 2.50. The largest absolute Gasteiger partial charge is 0.366 e. The molecule has 1 aromatic rings. The fourth-order valence-corrected chi connectivity index (χ4v) is 2.71. The van der Waals surface area contributed by atoms with Crippen LogP contribution in [0.4, 0.5) is 4.39 Å². The van der Waals surface area contributed by atoms with E-state index in [-0.39, 0.29) is 5.82 Å². The minimum absolute atomic E-state index is 0.333. The standard InChI is InChI=1S/C19H24FN3/c1-13(2)18-11-16(20)12-19(15(4)21)17(18)6-5-14(3)23-9-7-22-8-10-23/h6,11-12,21-22H,1,7-10H2,2-4H3. The average molecular weight is 313 g/mol. The van der Waals surface area contributed by atoms with E-state index in [9.17, 15) is 4.39 Å². The van der Waals surface area contributed by atoms with Crippen LogP contribution in [0.3, 0.4) is 0 Å². The number of halogens is 1. The third-order valence-electron chi connectivity index (χ3n) is 4.03. The first-order chi connectivity index (χ1) is 10.9. The van der Waals surface area contributed by atoms with Gasteiger partial charge in [0.15, 0.2) is 0 Å². The molecule has 2 rings (SSSR count). The van der Waals surface area contributed by atoms with Crippen molar-refractivity contribution >= 4 is 17.4 Å². The summed E-state index contributed by atoms with van der Waals surface area (Å²) < 4.78 is 13.8. The van der Waals surface area contributed by atoms with Crippen molar-refractivity contribution in [2.75, 3.05) is 26.2 Å². The van der Waals surface area contributed by atoms with Crippen molar-refractivity contribution in [2.24, 2.45) is 0 Å². The molecule has 4 heteroatoms. The zero-order valence-electron chi connectivity index (χ0n) is 14.1. The van der Waals surface area contributed by atoms with E-state index in [4.69, 9.17) is 5.41 Å². The summed E-state index contributed by atoms with van der Waals surface area (Å²) in [5.41, 5.74) is 7.59. The summed E-state index contributed by atoms with van der Waals surface area (Å²) in [6, 6.07) is 2.88. The third-order valence-corrected chi connectivity index (χ3v) is 4.03. The highest BCUT2D eigenvalue weighted by atomic mass is 19.1. The van der Waals surface area contributed by atoms with Crippen molar-refractivity contribution in [3.05, 3.63) is 52.6 Å². The highest BCUT2D eigenvalue weighted by Gasteiger charge is 2.12. The summed E-state index contributed by atoms with van der Waals surface area (Å²) in [6.45, 7) is 13.3. The molecule has 0 atom stereocenters. The second-order valence-corrected chi connectivity index (χ2v) is 5.93. The van der Waals surface area contributed by atoms with Gasteiger partial charge >= 0.3 is 0 Å². The maximum atomic E-state index is 13.8. The zero-order chi connectivity index (χ0) is 17.0. The highest BCUT2D eigenvalue weighted by Crippen LogP contribution is 2.25. The van der Waals surface area contributed by atoms with Gasteiger partial charge in [-0.2, -0.15) is 0 Å². The lowest BCUT2D eigenvalue weighted by atomic mass is 9.94. The highest BCUT2D eigenvalue weighted by molar-refractivity contribution is 6.01. The fourth-order valence-electron chi connectivity index (χ4n) is 2.71. The first-order valence-corrected chi connectivity index (χ1v) is 7.84. The average Bonchev–Trinajstić information content (AvgIpc) is 2.53. The number of nitrogens with one attached hydrogen (secondary N) is 2. The molecule has 0 spiro atoms. The number of benzene rings is 1. The van der Waals surface area contributed by atoms with E-state index >= 15 is 0 Å². The summed E-state index contributed by atoms with van der Waals surface area (Å²) in [6.07, 6.45) is 1.86. The van der Waals surface area contributed by atoms with Gasteiger partial charge in [-0.05, 0) is 50.1 Å². The minimum atomic E-state index is -0.343. The Morgan fingerprint density at radius 3 is 2.43 bits per heavy atom. The molecular formula is C19H24FN3. The van der Waals surface area contributed by atoms with Crippen LogP contribution in [0.1, 0.15) is 37.5 Å². The molecule has 3 nitrogen and oxygen atoms in total. The number of nitrogens with zero attached hydrogens (tertiary/aromatic N) is 1. The number of piperazine rings is 1. The lowest BCUT2D eigenvalue weighted by Crippen LogP contribution is -2.42. The van der Waals surface area contributed by atoms with Crippen LogP contribution in [0.5, 0.6) is 0 Å². The van der Waals surface area contributed by atoms with Crippen molar-refractivity contribution < 1.29 is 4.39 Å². The predicted octanol–water partition coefficient (Wildman–Crippen LogP) is 3.67. The fraction of sp³-hybridized carbons (Fsp3) is 0.368. The molecule has 0 unspecified atom stereocenters. The maximum absolute atomic E-state index is 13.8. The van der Waals surface area contributed by atoms with Gasteiger partial charge in [0.1, 0.15) is 5.82 Å². The summed E-state index contributed by atoms with van der Waals surface area (Å²) in [7, 11) is 0. The molecule has 1 aromatic carbocycles. The monoisotopic (exact) mass is 313 g/mol. The Labute approximate surface area is 137 Å². The van der Waals surface area contributed by atoms with Crippen molar-refractivity contribution in [3.8, 4) is 0 Å². The van der Waals surface area contributed by atoms with Crippen molar-refractivity contribution in [1.82, 2.24) is 10.2 Å². The van der Waals surface area contributed by atoms with Crippen molar-refractivity contribution in [1.29, 1.82) is 5.41 Å². The smallest absolute Gasteiger partial charge is 0.124 e. The molecule has 0 saturated carbocycles. The molecule has 2 N–H and O–H groups in total. The number of rotatable bonds is 4. The van der Waals surface area contributed by atoms with Crippen LogP contribution in [0.2, 0.25) is 0 Å². The van der Waals surface area contributed by atoms with Crippen LogP contribution in [0, 0.1) is 11.2 Å². The Hall–Kier alpha value is -2.16. The van der Waals surface area contributed by atoms with Crippen LogP contribution >= 0.6 is 0 Å². The molecule has 0 aliphatic carbocycles. The maximum Gasteiger partial charge on any atom is 0.124 e. The van der Waals surface area contributed by atoms with Gasteiger partial charge in [0.25, 0.3) is 0 Å².